The molecule has 0 radical (unpaired) electrons. The van der Waals surface area contributed by atoms with Gasteiger partial charge < -0.3 is 18.9 Å². The van der Waals surface area contributed by atoms with Gasteiger partial charge in [0.2, 0.25) is 6.79 Å². The standard InChI is InChI=1S/C16H18O5/c1-9-10(5-7-13(17)18-2)11-4-6-12-16(21-8-20-12)14(11)15(9)19-3/h4-6,9,15H,7-8H2,1-3H3/t9-,15+/m1/s1. The van der Waals surface area contributed by atoms with Crippen LogP contribution in [0.2, 0.25) is 0 Å². The van der Waals surface area contributed by atoms with E-state index in [1.807, 2.05) is 18.2 Å². The summed E-state index contributed by atoms with van der Waals surface area (Å²) < 4.78 is 21.4. The second kappa shape index (κ2) is 5.41. The lowest BCUT2D eigenvalue weighted by Gasteiger charge is -2.16. The molecular weight excluding hydrogens is 272 g/mol. The van der Waals surface area contributed by atoms with Gasteiger partial charge in [-0.05, 0) is 17.2 Å². The van der Waals surface area contributed by atoms with E-state index in [9.17, 15) is 4.79 Å². The number of hydrogen-bond donors (Lipinski definition) is 0. The number of ether oxygens (including phenoxy) is 4. The zero-order valence-electron chi connectivity index (χ0n) is 12.3. The zero-order valence-corrected chi connectivity index (χ0v) is 12.3. The first-order chi connectivity index (χ1) is 10.2. The van der Waals surface area contributed by atoms with Crippen molar-refractivity contribution in [2.45, 2.75) is 19.4 Å². The molecular formula is C16H18O5. The Labute approximate surface area is 123 Å². The number of benzene rings is 1. The van der Waals surface area contributed by atoms with Crippen molar-refractivity contribution < 1.29 is 23.7 Å². The predicted octanol–water partition coefficient (Wildman–Crippen LogP) is 2.70. The summed E-state index contributed by atoms with van der Waals surface area (Å²) in [6.07, 6.45) is 2.07. The van der Waals surface area contributed by atoms with Crippen LogP contribution in [0.1, 0.15) is 30.6 Å². The minimum atomic E-state index is -0.252. The second-order valence-corrected chi connectivity index (χ2v) is 5.15. The van der Waals surface area contributed by atoms with Gasteiger partial charge in [0.25, 0.3) is 0 Å². The number of esters is 1. The van der Waals surface area contributed by atoms with Crippen LogP contribution in [-0.4, -0.2) is 27.0 Å². The first-order valence-electron chi connectivity index (χ1n) is 6.90. The Bertz CT molecular complexity index is 605. The maximum Gasteiger partial charge on any atom is 0.309 e. The SMILES string of the molecule is COC(=O)CC=C1c2ccc3c(c2[C@@H](OC)[C@@H]1C)OCO3. The number of rotatable bonds is 3. The van der Waals surface area contributed by atoms with Crippen molar-refractivity contribution in [1.29, 1.82) is 0 Å². The predicted molar refractivity (Wildman–Crippen MR) is 76.1 cm³/mol. The Morgan fingerprint density at radius 1 is 1.38 bits per heavy atom. The Balaban J connectivity index is 2.05. The molecule has 0 aromatic heterocycles. The van der Waals surface area contributed by atoms with Crippen LogP contribution in [0.3, 0.4) is 0 Å². The molecule has 2 atom stereocenters. The van der Waals surface area contributed by atoms with Crippen molar-refractivity contribution in [3.8, 4) is 11.5 Å². The average Bonchev–Trinajstić information content (AvgIpc) is 3.06. The van der Waals surface area contributed by atoms with Crippen molar-refractivity contribution in [1.82, 2.24) is 0 Å². The topological polar surface area (TPSA) is 54.0 Å². The molecule has 1 aliphatic heterocycles. The van der Waals surface area contributed by atoms with E-state index in [1.54, 1.807) is 7.11 Å². The fourth-order valence-electron chi connectivity index (χ4n) is 3.08. The summed E-state index contributed by atoms with van der Waals surface area (Å²) >= 11 is 0. The van der Waals surface area contributed by atoms with Crippen molar-refractivity contribution in [2.24, 2.45) is 5.92 Å². The monoisotopic (exact) mass is 290 g/mol. The average molecular weight is 290 g/mol. The number of fused-ring (bicyclic) bond motifs is 3. The molecule has 0 N–H and O–H groups in total. The molecule has 1 aromatic carbocycles. The molecule has 5 nitrogen and oxygen atoms in total. The number of methoxy groups -OCH3 is 2. The number of carbonyl (C=O) groups excluding carboxylic acids is 1. The smallest absolute Gasteiger partial charge is 0.309 e. The van der Waals surface area contributed by atoms with Crippen LogP contribution in [-0.2, 0) is 14.3 Å². The minimum absolute atomic E-state index is 0.0967. The molecule has 0 unspecified atom stereocenters. The lowest BCUT2D eigenvalue weighted by Crippen LogP contribution is -2.06. The van der Waals surface area contributed by atoms with Crippen LogP contribution in [0, 0.1) is 5.92 Å². The normalized spacial score (nSPS) is 24.2. The van der Waals surface area contributed by atoms with Crippen molar-refractivity contribution in [3.63, 3.8) is 0 Å². The van der Waals surface area contributed by atoms with Gasteiger partial charge in [-0.3, -0.25) is 4.79 Å². The highest BCUT2D eigenvalue weighted by Gasteiger charge is 2.38. The van der Waals surface area contributed by atoms with Gasteiger partial charge in [-0.25, -0.2) is 0 Å². The summed E-state index contributed by atoms with van der Waals surface area (Å²) in [7, 11) is 3.08. The Kier molecular flexibility index (Phi) is 3.59. The van der Waals surface area contributed by atoms with Gasteiger partial charge in [0.05, 0.1) is 19.6 Å². The third-order valence-corrected chi connectivity index (χ3v) is 4.09. The lowest BCUT2D eigenvalue weighted by molar-refractivity contribution is -0.139. The highest BCUT2D eigenvalue weighted by atomic mass is 16.7. The van der Waals surface area contributed by atoms with E-state index in [2.05, 4.69) is 6.92 Å². The summed E-state index contributed by atoms with van der Waals surface area (Å²) in [6, 6.07) is 3.90. The van der Waals surface area contributed by atoms with E-state index in [-0.39, 0.29) is 31.2 Å². The number of hydrogen-bond acceptors (Lipinski definition) is 5. The van der Waals surface area contributed by atoms with Crippen LogP contribution >= 0.6 is 0 Å². The minimum Gasteiger partial charge on any atom is -0.469 e. The van der Waals surface area contributed by atoms with Crippen molar-refractivity contribution >= 4 is 11.5 Å². The molecule has 0 spiro atoms. The number of carbonyl (C=O) groups is 1. The highest BCUT2D eigenvalue weighted by Crippen LogP contribution is 2.53. The van der Waals surface area contributed by atoms with Crippen molar-refractivity contribution in [3.05, 3.63) is 29.3 Å². The van der Waals surface area contributed by atoms with Crippen LogP contribution in [0.15, 0.2) is 18.2 Å². The lowest BCUT2D eigenvalue weighted by atomic mass is 9.99. The zero-order chi connectivity index (χ0) is 15.0. The van der Waals surface area contributed by atoms with Crippen LogP contribution < -0.4 is 9.47 Å². The molecule has 5 heteroatoms. The Morgan fingerprint density at radius 3 is 2.90 bits per heavy atom. The van der Waals surface area contributed by atoms with E-state index in [4.69, 9.17) is 18.9 Å². The maximum absolute atomic E-state index is 11.4. The summed E-state index contributed by atoms with van der Waals surface area (Å²) in [5.74, 6) is 1.40. The van der Waals surface area contributed by atoms with Crippen molar-refractivity contribution in [2.75, 3.05) is 21.0 Å². The maximum atomic E-state index is 11.4. The molecule has 1 heterocycles. The Morgan fingerprint density at radius 2 is 2.19 bits per heavy atom. The van der Waals surface area contributed by atoms with E-state index < -0.39 is 0 Å². The quantitative estimate of drug-likeness (QED) is 0.801. The summed E-state index contributed by atoms with van der Waals surface area (Å²) in [5.41, 5.74) is 3.15. The van der Waals surface area contributed by atoms with Gasteiger partial charge in [0.1, 0.15) is 0 Å². The molecule has 0 saturated heterocycles. The molecule has 0 amide bonds. The van der Waals surface area contributed by atoms with Gasteiger partial charge >= 0.3 is 5.97 Å². The fraction of sp³-hybridized carbons (Fsp3) is 0.438. The fourth-order valence-corrected chi connectivity index (χ4v) is 3.08. The molecule has 21 heavy (non-hydrogen) atoms. The third kappa shape index (κ3) is 2.17. The van der Waals surface area contributed by atoms with Gasteiger partial charge in [0, 0.05) is 18.6 Å². The Hall–Kier alpha value is -2.01. The first-order valence-corrected chi connectivity index (χ1v) is 6.90. The first kappa shape index (κ1) is 13.9. The molecule has 1 aliphatic carbocycles. The summed E-state index contributed by atoms with van der Waals surface area (Å²) in [6.45, 7) is 2.32. The largest absolute Gasteiger partial charge is 0.469 e. The van der Waals surface area contributed by atoms with Crippen LogP contribution in [0.4, 0.5) is 0 Å². The summed E-state index contributed by atoms with van der Waals surface area (Å²) in [4.78, 5) is 11.4. The second-order valence-electron chi connectivity index (χ2n) is 5.15. The summed E-state index contributed by atoms with van der Waals surface area (Å²) in [5, 5.41) is 0. The molecule has 3 rings (SSSR count). The molecule has 0 bridgehead atoms. The van der Waals surface area contributed by atoms with Gasteiger partial charge in [-0.15, -0.1) is 0 Å². The van der Waals surface area contributed by atoms with Gasteiger partial charge in [0.15, 0.2) is 11.5 Å². The molecule has 0 fully saturated rings. The van der Waals surface area contributed by atoms with E-state index in [1.165, 1.54) is 7.11 Å². The third-order valence-electron chi connectivity index (χ3n) is 4.09. The van der Waals surface area contributed by atoms with Gasteiger partial charge in [-0.2, -0.15) is 0 Å². The van der Waals surface area contributed by atoms with E-state index >= 15 is 0 Å². The molecule has 112 valence electrons. The van der Waals surface area contributed by atoms with Crippen LogP contribution in [0.25, 0.3) is 5.57 Å². The van der Waals surface area contributed by atoms with Crippen LogP contribution in [0.5, 0.6) is 11.5 Å². The van der Waals surface area contributed by atoms with E-state index in [0.29, 0.717) is 0 Å². The highest BCUT2D eigenvalue weighted by molar-refractivity contribution is 5.82. The molecule has 0 saturated carbocycles. The molecule has 1 aromatic rings. The molecule has 2 aliphatic rings. The van der Waals surface area contributed by atoms with Gasteiger partial charge in [-0.1, -0.05) is 19.1 Å². The van der Waals surface area contributed by atoms with E-state index in [0.717, 1.165) is 28.2 Å².